The maximum atomic E-state index is 13.3. The number of aryl methyl sites for hydroxylation is 1. The summed E-state index contributed by atoms with van der Waals surface area (Å²) < 4.78 is 19.1. The van der Waals surface area contributed by atoms with Crippen molar-refractivity contribution in [3.8, 4) is 0 Å². The van der Waals surface area contributed by atoms with Gasteiger partial charge in [0.2, 0.25) is 0 Å². The third-order valence-corrected chi connectivity index (χ3v) is 3.92. The minimum absolute atomic E-state index is 0.0113. The molecule has 0 amide bonds. The third kappa shape index (κ3) is 2.86. The number of hydrogen-bond donors (Lipinski definition) is 0. The van der Waals surface area contributed by atoms with E-state index in [0.717, 1.165) is 32.1 Å². The van der Waals surface area contributed by atoms with Crippen molar-refractivity contribution in [2.45, 2.75) is 51.6 Å². The Bertz CT molecular complexity index is 456. The summed E-state index contributed by atoms with van der Waals surface area (Å²) in [4.78, 5) is 12.7. The summed E-state index contributed by atoms with van der Waals surface area (Å²) in [6, 6.07) is 4.57. The van der Waals surface area contributed by atoms with E-state index in [1.54, 1.807) is 19.1 Å². The third-order valence-electron chi connectivity index (χ3n) is 3.92. The fraction of sp³-hybridized carbons (Fsp3) is 0.562. The number of ketones is 1. The first-order valence-corrected chi connectivity index (χ1v) is 7.04. The second-order valence-electron chi connectivity index (χ2n) is 5.28. The second kappa shape index (κ2) is 5.83. The minimum Gasteiger partial charge on any atom is -0.367 e. The molecule has 0 atom stereocenters. The predicted molar refractivity (Wildman–Crippen MR) is 72.9 cm³/mol. The number of hydrogen-bond acceptors (Lipinski definition) is 2. The maximum Gasteiger partial charge on any atom is 0.194 e. The van der Waals surface area contributed by atoms with E-state index in [9.17, 15) is 9.18 Å². The van der Waals surface area contributed by atoms with Crippen LogP contribution in [0.4, 0.5) is 4.39 Å². The van der Waals surface area contributed by atoms with Crippen molar-refractivity contribution >= 4 is 5.78 Å². The molecule has 2 rings (SSSR count). The van der Waals surface area contributed by atoms with Gasteiger partial charge in [0.25, 0.3) is 0 Å². The van der Waals surface area contributed by atoms with Crippen molar-refractivity contribution in [1.29, 1.82) is 0 Å². The highest BCUT2D eigenvalue weighted by atomic mass is 19.1. The van der Waals surface area contributed by atoms with Crippen molar-refractivity contribution in [3.63, 3.8) is 0 Å². The van der Waals surface area contributed by atoms with Gasteiger partial charge in [0.1, 0.15) is 11.4 Å². The van der Waals surface area contributed by atoms with Crippen LogP contribution in [0.15, 0.2) is 18.2 Å². The molecule has 0 heterocycles. The lowest BCUT2D eigenvalue weighted by atomic mass is 9.79. The quantitative estimate of drug-likeness (QED) is 0.767. The number of benzene rings is 1. The molecule has 1 aliphatic rings. The molecule has 0 saturated heterocycles. The lowest BCUT2D eigenvalue weighted by molar-refractivity contribution is -0.0411. The molecule has 19 heavy (non-hydrogen) atoms. The molecular weight excluding hydrogens is 243 g/mol. The van der Waals surface area contributed by atoms with E-state index in [-0.39, 0.29) is 11.6 Å². The largest absolute Gasteiger partial charge is 0.367 e. The van der Waals surface area contributed by atoms with Gasteiger partial charge in [0, 0.05) is 12.2 Å². The summed E-state index contributed by atoms with van der Waals surface area (Å²) in [6.07, 6.45) is 4.74. The van der Waals surface area contributed by atoms with Crippen LogP contribution in [-0.4, -0.2) is 18.0 Å². The zero-order valence-electron chi connectivity index (χ0n) is 11.7. The number of carbonyl (C=O) groups is 1. The molecule has 0 N–H and O–H groups in total. The zero-order valence-corrected chi connectivity index (χ0v) is 11.7. The van der Waals surface area contributed by atoms with Crippen LogP contribution in [0.5, 0.6) is 0 Å². The summed E-state index contributed by atoms with van der Waals surface area (Å²) in [5.74, 6) is -0.261. The molecule has 1 fully saturated rings. The smallest absolute Gasteiger partial charge is 0.194 e. The van der Waals surface area contributed by atoms with Crippen molar-refractivity contribution in [2.75, 3.05) is 6.61 Å². The fourth-order valence-electron chi connectivity index (χ4n) is 2.89. The van der Waals surface area contributed by atoms with Crippen LogP contribution in [-0.2, 0) is 4.74 Å². The first-order valence-electron chi connectivity index (χ1n) is 7.04. The number of halogens is 1. The van der Waals surface area contributed by atoms with Gasteiger partial charge in [-0.2, -0.15) is 0 Å². The molecule has 1 aromatic carbocycles. The van der Waals surface area contributed by atoms with Crippen molar-refractivity contribution < 1.29 is 13.9 Å². The molecule has 1 aliphatic carbocycles. The zero-order chi connectivity index (χ0) is 13.9. The van der Waals surface area contributed by atoms with Gasteiger partial charge in [0.15, 0.2) is 5.78 Å². The lowest BCUT2D eigenvalue weighted by Crippen LogP contribution is -2.43. The fourth-order valence-corrected chi connectivity index (χ4v) is 2.89. The normalized spacial score (nSPS) is 18.3. The van der Waals surface area contributed by atoms with Crippen molar-refractivity contribution in [3.05, 3.63) is 35.1 Å². The van der Waals surface area contributed by atoms with Crippen LogP contribution in [0.3, 0.4) is 0 Å². The Labute approximate surface area is 114 Å². The van der Waals surface area contributed by atoms with Gasteiger partial charge in [-0.1, -0.05) is 19.3 Å². The average Bonchev–Trinajstić information content (AvgIpc) is 2.42. The molecule has 3 heteroatoms. The molecule has 0 bridgehead atoms. The van der Waals surface area contributed by atoms with E-state index in [0.29, 0.717) is 17.7 Å². The summed E-state index contributed by atoms with van der Waals surface area (Å²) in [6.45, 7) is 4.13. The number of ether oxygens (including phenoxy) is 1. The van der Waals surface area contributed by atoms with Gasteiger partial charge in [0.05, 0.1) is 0 Å². The van der Waals surface area contributed by atoms with Crippen molar-refractivity contribution in [2.24, 2.45) is 0 Å². The van der Waals surface area contributed by atoms with E-state index in [1.165, 1.54) is 6.07 Å². The highest BCUT2D eigenvalue weighted by molar-refractivity contribution is 6.02. The highest BCUT2D eigenvalue weighted by Crippen LogP contribution is 2.35. The van der Waals surface area contributed by atoms with E-state index < -0.39 is 5.60 Å². The molecule has 0 spiro atoms. The van der Waals surface area contributed by atoms with Gasteiger partial charge >= 0.3 is 0 Å². The molecular formula is C16H21FO2. The Morgan fingerprint density at radius 2 is 2.00 bits per heavy atom. The Kier molecular flexibility index (Phi) is 4.35. The van der Waals surface area contributed by atoms with Gasteiger partial charge < -0.3 is 4.74 Å². The average molecular weight is 264 g/mol. The SMILES string of the molecule is CCOC1(C(=O)c2ccc(F)c(C)c2)CCCCC1. The molecule has 0 aliphatic heterocycles. The first kappa shape index (κ1) is 14.2. The van der Waals surface area contributed by atoms with E-state index in [2.05, 4.69) is 0 Å². The van der Waals surface area contributed by atoms with Gasteiger partial charge in [-0.3, -0.25) is 4.79 Å². The maximum absolute atomic E-state index is 13.3. The van der Waals surface area contributed by atoms with Crippen LogP contribution in [0.2, 0.25) is 0 Å². The number of Topliss-reactive ketones (excluding diaryl/α,β-unsaturated/α-hetero) is 1. The summed E-state index contributed by atoms with van der Waals surface area (Å²) >= 11 is 0. The van der Waals surface area contributed by atoms with E-state index in [4.69, 9.17) is 4.74 Å². The van der Waals surface area contributed by atoms with Crippen LogP contribution in [0.25, 0.3) is 0 Å². The standard InChI is InChI=1S/C16H21FO2/c1-3-19-16(9-5-4-6-10-16)15(18)13-7-8-14(17)12(2)11-13/h7-8,11H,3-6,9-10H2,1-2H3. The highest BCUT2D eigenvalue weighted by Gasteiger charge is 2.40. The summed E-state index contributed by atoms with van der Waals surface area (Å²) in [5, 5.41) is 0. The second-order valence-corrected chi connectivity index (χ2v) is 5.28. The van der Waals surface area contributed by atoms with Gasteiger partial charge in [-0.25, -0.2) is 4.39 Å². The topological polar surface area (TPSA) is 26.3 Å². The first-order chi connectivity index (χ1) is 9.09. The molecule has 0 radical (unpaired) electrons. The lowest BCUT2D eigenvalue weighted by Gasteiger charge is -2.35. The molecule has 2 nitrogen and oxygen atoms in total. The van der Waals surface area contributed by atoms with E-state index >= 15 is 0 Å². The van der Waals surface area contributed by atoms with Crippen LogP contribution < -0.4 is 0 Å². The van der Waals surface area contributed by atoms with Crippen LogP contribution in [0, 0.1) is 12.7 Å². The Balaban J connectivity index is 2.30. The number of rotatable bonds is 4. The Morgan fingerprint density at radius 1 is 1.32 bits per heavy atom. The molecule has 1 saturated carbocycles. The summed E-state index contributed by atoms with van der Waals surface area (Å²) in [5.41, 5.74) is 0.389. The van der Waals surface area contributed by atoms with Gasteiger partial charge in [-0.05, 0) is 50.5 Å². The number of carbonyl (C=O) groups excluding carboxylic acids is 1. The Hall–Kier alpha value is -1.22. The van der Waals surface area contributed by atoms with Crippen LogP contribution in [0.1, 0.15) is 54.9 Å². The predicted octanol–water partition coefficient (Wildman–Crippen LogP) is 4.06. The van der Waals surface area contributed by atoms with Crippen molar-refractivity contribution in [1.82, 2.24) is 0 Å². The molecule has 1 aromatic rings. The molecule has 0 unspecified atom stereocenters. The minimum atomic E-state index is -0.683. The van der Waals surface area contributed by atoms with Gasteiger partial charge in [-0.15, -0.1) is 0 Å². The molecule has 0 aromatic heterocycles. The van der Waals surface area contributed by atoms with Crippen LogP contribution >= 0.6 is 0 Å². The summed E-state index contributed by atoms with van der Waals surface area (Å²) in [7, 11) is 0. The molecule has 104 valence electrons. The van der Waals surface area contributed by atoms with E-state index in [1.807, 2.05) is 6.92 Å². The monoisotopic (exact) mass is 264 g/mol. The Morgan fingerprint density at radius 3 is 2.58 bits per heavy atom.